The van der Waals surface area contributed by atoms with Crippen molar-refractivity contribution >= 4 is 17.7 Å². The number of phenols is 3. The first kappa shape index (κ1) is 40.1. The lowest BCUT2D eigenvalue weighted by atomic mass is 9.92. The Morgan fingerprint density at radius 2 is 0.667 bits per heavy atom. The Morgan fingerprint density at radius 1 is 0.422 bits per heavy atom. The number of hydrogen-bond acceptors (Lipinski definition) is 6. The minimum Gasteiger partial charge on any atom is -0.507 e. The minimum absolute atomic E-state index is 0.0524. The van der Waals surface area contributed by atoms with E-state index in [4.69, 9.17) is 0 Å². The maximum atomic E-state index is 12.5. The molecule has 1 aromatic rings. The molecule has 0 saturated heterocycles. The summed E-state index contributed by atoms with van der Waals surface area (Å²) >= 11 is 0. The zero-order chi connectivity index (χ0) is 33.3. The van der Waals surface area contributed by atoms with Crippen LogP contribution in [0, 0.1) is 0 Å². The van der Waals surface area contributed by atoms with Gasteiger partial charge in [0.25, 0.3) is 0 Å². The van der Waals surface area contributed by atoms with Crippen LogP contribution in [0.4, 0.5) is 0 Å². The van der Waals surface area contributed by atoms with Crippen LogP contribution in [-0.2, 0) is 33.6 Å². The van der Waals surface area contributed by atoms with E-state index in [1.807, 2.05) is 0 Å². The fraction of sp³-hybridized carbons (Fsp3) is 0.750. The van der Waals surface area contributed by atoms with Crippen molar-refractivity contribution in [1.82, 2.24) is 16.0 Å². The van der Waals surface area contributed by atoms with Crippen molar-refractivity contribution in [2.45, 2.75) is 156 Å². The molecule has 0 saturated carbocycles. The largest absolute Gasteiger partial charge is 0.507 e. The van der Waals surface area contributed by atoms with Crippen LogP contribution in [0.15, 0.2) is 0 Å². The molecule has 0 atom stereocenters. The molecule has 0 aromatic heterocycles. The number of unbranched alkanes of at least 4 members (excludes halogenated alkanes) is 12. The molecule has 0 radical (unpaired) electrons. The molecule has 0 unspecified atom stereocenters. The maximum Gasteiger partial charge on any atom is 0.220 e. The van der Waals surface area contributed by atoms with E-state index < -0.39 is 0 Å². The van der Waals surface area contributed by atoms with Crippen LogP contribution in [0.1, 0.15) is 153 Å². The molecule has 258 valence electrons. The second kappa shape index (κ2) is 25.2. The molecule has 0 aliphatic rings. The van der Waals surface area contributed by atoms with Gasteiger partial charge in [-0.3, -0.25) is 14.4 Å². The van der Waals surface area contributed by atoms with E-state index in [1.54, 1.807) is 0 Å². The maximum absolute atomic E-state index is 12.5. The third-order valence-corrected chi connectivity index (χ3v) is 8.33. The third kappa shape index (κ3) is 17.3. The molecule has 0 heterocycles. The molecule has 0 fully saturated rings. The Bertz CT molecular complexity index is 853. The first-order valence-electron chi connectivity index (χ1n) is 17.8. The highest BCUT2D eigenvalue weighted by Gasteiger charge is 2.24. The average molecular weight is 634 g/mol. The summed E-state index contributed by atoms with van der Waals surface area (Å²) in [5, 5.41) is 42.0. The topological polar surface area (TPSA) is 148 Å². The van der Waals surface area contributed by atoms with Crippen molar-refractivity contribution in [1.29, 1.82) is 0 Å². The van der Waals surface area contributed by atoms with E-state index in [0.717, 1.165) is 77.0 Å². The van der Waals surface area contributed by atoms with Crippen LogP contribution < -0.4 is 16.0 Å². The Hall–Kier alpha value is -2.97. The summed E-state index contributed by atoms with van der Waals surface area (Å²) in [6.45, 7) is 8.20. The summed E-state index contributed by atoms with van der Waals surface area (Å²) in [7, 11) is 0. The van der Waals surface area contributed by atoms with E-state index in [2.05, 4.69) is 36.7 Å². The van der Waals surface area contributed by atoms with Gasteiger partial charge >= 0.3 is 0 Å². The Morgan fingerprint density at radius 3 is 0.911 bits per heavy atom. The standard InChI is InChI=1S/C36H63N3O6/c1-4-7-10-13-16-25-37-31(40)22-19-28-34(43)29(20-23-32(41)38-26-17-14-11-8-5-2)36(45)30(35(28)44)21-24-33(42)39-27-18-15-12-9-6-3/h43-45H,4-27H2,1-3H3,(H,37,40)(H,38,41)(H,39,42). The van der Waals surface area contributed by atoms with Crippen LogP contribution in [0.25, 0.3) is 0 Å². The van der Waals surface area contributed by atoms with Gasteiger partial charge in [0, 0.05) is 55.6 Å². The van der Waals surface area contributed by atoms with Crippen LogP contribution in [0.3, 0.4) is 0 Å². The van der Waals surface area contributed by atoms with Gasteiger partial charge in [-0.05, 0) is 38.5 Å². The third-order valence-electron chi connectivity index (χ3n) is 8.33. The predicted molar refractivity (Wildman–Crippen MR) is 182 cm³/mol. The Labute approximate surface area is 272 Å². The lowest BCUT2D eigenvalue weighted by Gasteiger charge is -2.19. The van der Waals surface area contributed by atoms with E-state index >= 15 is 0 Å². The van der Waals surface area contributed by atoms with Gasteiger partial charge in [0.15, 0.2) is 0 Å². The first-order chi connectivity index (χ1) is 21.8. The molecule has 3 amide bonds. The second-order valence-corrected chi connectivity index (χ2v) is 12.3. The fourth-order valence-corrected chi connectivity index (χ4v) is 5.44. The minimum atomic E-state index is -0.301. The fourth-order valence-electron chi connectivity index (χ4n) is 5.44. The van der Waals surface area contributed by atoms with E-state index in [-0.39, 0.29) is 90.2 Å². The number of rotatable bonds is 27. The smallest absolute Gasteiger partial charge is 0.220 e. The number of hydrogen-bond donors (Lipinski definition) is 6. The SMILES string of the molecule is CCCCCCCNC(=O)CCc1c(O)c(CCC(=O)NCCCCCCC)c(O)c(CCC(=O)NCCCCCCC)c1O. The zero-order valence-electron chi connectivity index (χ0n) is 28.5. The van der Waals surface area contributed by atoms with Crippen LogP contribution in [0.2, 0.25) is 0 Å². The first-order valence-corrected chi connectivity index (χ1v) is 17.8. The van der Waals surface area contributed by atoms with Crippen LogP contribution in [0.5, 0.6) is 17.2 Å². The molecular weight excluding hydrogens is 570 g/mol. The van der Waals surface area contributed by atoms with Gasteiger partial charge in [-0.2, -0.15) is 0 Å². The molecule has 9 nitrogen and oxygen atoms in total. The normalized spacial score (nSPS) is 11.0. The highest BCUT2D eigenvalue weighted by atomic mass is 16.3. The summed E-state index contributed by atoms with van der Waals surface area (Å²) in [5.74, 6) is -1.45. The number of carbonyl (C=O) groups excluding carboxylic acids is 3. The summed E-state index contributed by atoms with van der Waals surface area (Å²) < 4.78 is 0. The number of aromatic hydroxyl groups is 3. The lowest BCUT2D eigenvalue weighted by molar-refractivity contribution is -0.121. The van der Waals surface area contributed by atoms with Gasteiger partial charge in [-0.1, -0.05) is 97.8 Å². The van der Waals surface area contributed by atoms with Gasteiger partial charge in [-0.15, -0.1) is 0 Å². The highest BCUT2D eigenvalue weighted by Crippen LogP contribution is 2.43. The number of nitrogens with one attached hydrogen (secondary N) is 3. The molecule has 1 aromatic carbocycles. The van der Waals surface area contributed by atoms with Crippen molar-refractivity contribution in [3.05, 3.63) is 16.7 Å². The molecule has 0 aliphatic carbocycles. The van der Waals surface area contributed by atoms with Crippen LogP contribution in [-0.4, -0.2) is 52.7 Å². The average Bonchev–Trinajstić information content (AvgIpc) is 3.02. The molecule has 9 heteroatoms. The monoisotopic (exact) mass is 633 g/mol. The van der Waals surface area contributed by atoms with E-state index in [0.29, 0.717) is 19.6 Å². The van der Waals surface area contributed by atoms with Gasteiger partial charge in [0.1, 0.15) is 17.2 Å². The summed E-state index contributed by atoms with van der Waals surface area (Å²) in [4.78, 5) is 37.6. The van der Waals surface area contributed by atoms with Crippen molar-refractivity contribution in [3.63, 3.8) is 0 Å². The van der Waals surface area contributed by atoms with Gasteiger partial charge in [0.2, 0.25) is 17.7 Å². The molecule has 45 heavy (non-hydrogen) atoms. The van der Waals surface area contributed by atoms with Crippen molar-refractivity contribution < 1.29 is 29.7 Å². The highest BCUT2D eigenvalue weighted by molar-refractivity contribution is 5.78. The molecule has 1 rings (SSSR count). The van der Waals surface area contributed by atoms with Crippen molar-refractivity contribution in [2.24, 2.45) is 0 Å². The quantitative estimate of drug-likeness (QED) is 0.0583. The van der Waals surface area contributed by atoms with E-state index in [1.165, 1.54) is 19.3 Å². The Kier molecular flexibility index (Phi) is 22.5. The summed E-state index contributed by atoms with van der Waals surface area (Å²) in [6.07, 6.45) is 16.6. The number of phenolic OH excluding ortho intramolecular Hbond substituents is 3. The number of benzene rings is 1. The lowest BCUT2D eigenvalue weighted by Crippen LogP contribution is -2.25. The van der Waals surface area contributed by atoms with Gasteiger partial charge in [-0.25, -0.2) is 0 Å². The summed E-state index contributed by atoms with van der Waals surface area (Å²) in [5.41, 5.74) is 0.468. The molecule has 0 aliphatic heterocycles. The van der Waals surface area contributed by atoms with Crippen molar-refractivity contribution in [3.8, 4) is 17.2 Å². The second-order valence-electron chi connectivity index (χ2n) is 12.3. The number of amides is 3. The van der Waals surface area contributed by atoms with Crippen molar-refractivity contribution in [2.75, 3.05) is 19.6 Å². The van der Waals surface area contributed by atoms with Crippen LogP contribution >= 0.6 is 0 Å². The predicted octanol–water partition coefficient (Wildman–Crippen LogP) is 6.86. The van der Waals surface area contributed by atoms with Gasteiger partial charge in [0.05, 0.1) is 0 Å². The Balaban J connectivity index is 2.91. The van der Waals surface area contributed by atoms with Gasteiger partial charge < -0.3 is 31.3 Å². The summed E-state index contributed by atoms with van der Waals surface area (Å²) in [6, 6.07) is 0. The van der Waals surface area contributed by atoms with E-state index in [9.17, 15) is 29.7 Å². The number of carbonyl (C=O) groups is 3. The molecular formula is C36H63N3O6. The molecule has 6 N–H and O–H groups in total. The molecule has 0 spiro atoms. The zero-order valence-corrected chi connectivity index (χ0v) is 28.5. The molecule has 0 bridgehead atoms.